The summed E-state index contributed by atoms with van der Waals surface area (Å²) in [7, 11) is 0. The largest absolute Gasteiger partial charge is 0.362 e. The van der Waals surface area contributed by atoms with Crippen LogP contribution in [0.25, 0.3) is 0 Å². The van der Waals surface area contributed by atoms with Crippen LogP contribution in [-0.2, 0) is 9.47 Å². The molecule has 1 aliphatic carbocycles. The van der Waals surface area contributed by atoms with Gasteiger partial charge in [-0.15, -0.1) is 0 Å². The van der Waals surface area contributed by atoms with Crippen LogP contribution in [0, 0.1) is 0 Å². The van der Waals surface area contributed by atoms with Gasteiger partial charge in [0.25, 0.3) is 0 Å². The van der Waals surface area contributed by atoms with Gasteiger partial charge in [0.1, 0.15) is 24.4 Å². The van der Waals surface area contributed by atoms with Crippen LogP contribution >= 0.6 is 0 Å². The van der Waals surface area contributed by atoms with Gasteiger partial charge in [0.05, 0.1) is 0 Å². The average molecular weight is 136 g/mol. The quantitative estimate of drug-likeness (QED) is 0.457. The molecule has 2 nitrogen and oxygen atoms in total. The van der Waals surface area contributed by atoms with Crippen LogP contribution in [0.3, 0.4) is 0 Å². The molecule has 0 aromatic heterocycles. The van der Waals surface area contributed by atoms with Crippen molar-refractivity contribution in [2.45, 2.75) is 24.4 Å². The molecule has 3 rings (SSSR count). The van der Waals surface area contributed by atoms with E-state index in [1.807, 2.05) is 12.2 Å². The van der Waals surface area contributed by atoms with Crippen molar-refractivity contribution in [3.8, 4) is 0 Å². The summed E-state index contributed by atoms with van der Waals surface area (Å²) in [5.74, 6) is 0. The first-order valence-corrected chi connectivity index (χ1v) is 3.61. The Labute approximate surface area is 59.1 Å². The molecule has 0 aromatic rings. The van der Waals surface area contributed by atoms with Crippen LogP contribution in [-0.4, -0.2) is 24.4 Å². The summed E-state index contributed by atoms with van der Waals surface area (Å²) in [6, 6.07) is 0. The molecule has 3 aliphatic rings. The van der Waals surface area contributed by atoms with Crippen LogP contribution in [0.4, 0.5) is 0 Å². The zero-order chi connectivity index (χ0) is 6.55. The number of epoxide rings is 2. The first kappa shape index (κ1) is 5.10. The van der Waals surface area contributed by atoms with Gasteiger partial charge in [-0.05, 0) is 0 Å². The van der Waals surface area contributed by atoms with Crippen LogP contribution in [0.1, 0.15) is 0 Å². The third-order valence-corrected chi connectivity index (χ3v) is 2.16. The summed E-state index contributed by atoms with van der Waals surface area (Å²) in [6.45, 7) is 0. The van der Waals surface area contributed by atoms with Crippen molar-refractivity contribution in [1.29, 1.82) is 0 Å². The fourth-order valence-electron chi connectivity index (χ4n) is 1.46. The Balaban J connectivity index is 1.90. The SMILES string of the molecule is C1=C[C@H]2O[C@H]2[C@@H]2O[C@@H]2/C=C\1. The van der Waals surface area contributed by atoms with Gasteiger partial charge in [0.2, 0.25) is 0 Å². The zero-order valence-corrected chi connectivity index (χ0v) is 5.44. The molecule has 2 fully saturated rings. The molecule has 2 saturated heterocycles. The minimum absolute atomic E-state index is 0.347. The molecule has 0 radical (unpaired) electrons. The fourth-order valence-corrected chi connectivity index (χ4v) is 1.46. The molecule has 2 aliphatic heterocycles. The lowest BCUT2D eigenvalue weighted by Crippen LogP contribution is -2.03. The molecular formula is C8H8O2. The lowest BCUT2D eigenvalue weighted by molar-refractivity contribution is 0.316. The lowest BCUT2D eigenvalue weighted by Gasteiger charge is -1.83. The van der Waals surface area contributed by atoms with E-state index in [4.69, 9.17) is 9.47 Å². The highest BCUT2D eigenvalue weighted by Crippen LogP contribution is 2.40. The standard InChI is InChI=1S/C8H8O2/c1-2-4-6-8(10-6)7-5(3-1)9-7/h1-8H/b3-1-,4-2?/t5-,6-,7-,8-/m1/s1. The Kier molecular flexibility index (Phi) is 0.775. The summed E-state index contributed by atoms with van der Waals surface area (Å²) < 4.78 is 10.7. The van der Waals surface area contributed by atoms with Gasteiger partial charge in [-0.1, -0.05) is 24.3 Å². The molecule has 10 heavy (non-hydrogen) atoms. The van der Waals surface area contributed by atoms with E-state index >= 15 is 0 Å². The minimum atomic E-state index is 0.347. The smallest absolute Gasteiger partial charge is 0.117 e. The van der Waals surface area contributed by atoms with E-state index in [0.717, 1.165) is 0 Å². The highest BCUT2D eigenvalue weighted by Gasteiger charge is 2.55. The molecule has 0 N–H and O–H groups in total. The highest BCUT2D eigenvalue weighted by atomic mass is 16.7. The molecule has 0 bridgehead atoms. The van der Waals surface area contributed by atoms with Crippen molar-refractivity contribution < 1.29 is 9.47 Å². The van der Waals surface area contributed by atoms with Gasteiger partial charge in [0.15, 0.2) is 0 Å². The molecule has 2 heteroatoms. The number of rotatable bonds is 0. The van der Waals surface area contributed by atoms with Gasteiger partial charge in [0, 0.05) is 0 Å². The number of hydrogen-bond donors (Lipinski definition) is 0. The normalized spacial score (nSPS) is 57.6. The third-order valence-electron chi connectivity index (χ3n) is 2.16. The monoisotopic (exact) mass is 136 g/mol. The van der Waals surface area contributed by atoms with E-state index in [9.17, 15) is 0 Å². The van der Waals surface area contributed by atoms with Crippen molar-refractivity contribution in [2.24, 2.45) is 0 Å². The molecule has 0 saturated carbocycles. The van der Waals surface area contributed by atoms with E-state index < -0.39 is 0 Å². The average Bonchev–Trinajstić information content (AvgIpc) is 2.68. The van der Waals surface area contributed by atoms with Gasteiger partial charge in [-0.2, -0.15) is 0 Å². The molecule has 0 aromatic carbocycles. The molecule has 52 valence electrons. The summed E-state index contributed by atoms with van der Waals surface area (Å²) in [4.78, 5) is 0. The Bertz CT molecular complexity index is 195. The Morgan fingerprint density at radius 2 is 1.30 bits per heavy atom. The van der Waals surface area contributed by atoms with Crippen molar-refractivity contribution in [3.05, 3.63) is 24.3 Å². The maximum Gasteiger partial charge on any atom is 0.117 e. The Hall–Kier alpha value is -0.600. The van der Waals surface area contributed by atoms with E-state index in [1.165, 1.54) is 0 Å². The van der Waals surface area contributed by atoms with Crippen molar-refractivity contribution in [1.82, 2.24) is 0 Å². The van der Waals surface area contributed by atoms with Crippen LogP contribution < -0.4 is 0 Å². The Morgan fingerprint density at radius 1 is 0.800 bits per heavy atom. The maximum atomic E-state index is 5.34. The second kappa shape index (κ2) is 1.52. The van der Waals surface area contributed by atoms with Gasteiger partial charge in [-0.25, -0.2) is 0 Å². The maximum absolute atomic E-state index is 5.34. The minimum Gasteiger partial charge on any atom is -0.362 e. The van der Waals surface area contributed by atoms with E-state index in [-0.39, 0.29) is 0 Å². The van der Waals surface area contributed by atoms with Crippen molar-refractivity contribution in [3.63, 3.8) is 0 Å². The van der Waals surface area contributed by atoms with Crippen molar-refractivity contribution >= 4 is 0 Å². The van der Waals surface area contributed by atoms with E-state index in [1.54, 1.807) is 0 Å². The highest BCUT2D eigenvalue weighted by molar-refractivity contribution is 5.22. The van der Waals surface area contributed by atoms with Gasteiger partial charge >= 0.3 is 0 Å². The van der Waals surface area contributed by atoms with Gasteiger partial charge in [-0.3, -0.25) is 0 Å². The first-order chi connectivity index (χ1) is 4.95. The van der Waals surface area contributed by atoms with Crippen LogP contribution in [0.2, 0.25) is 0 Å². The lowest BCUT2D eigenvalue weighted by atomic mass is 10.1. The molecule has 4 atom stereocenters. The fraction of sp³-hybridized carbons (Fsp3) is 0.500. The van der Waals surface area contributed by atoms with Crippen molar-refractivity contribution in [2.75, 3.05) is 0 Å². The summed E-state index contributed by atoms with van der Waals surface area (Å²) >= 11 is 0. The summed E-state index contributed by atoms with van der Waals surface area (Å²) in [5.41, 5.74) is 0. The topological polar surface area (TPSA) is 25.1 Å². The van der Waals surface area contributed by atoms with Gasteiger partial charge < -0.3 is 9.47 Å². The first-order valence-electron chi connectivity index (χ1n) is 3.61. The van der Waals surface area contributed by atoms with E-state index in [2.05, 4.69) is 12.2 Å². The predicted molar refractivity (Wildman–Crippen MR) is 35.6 cm³/mol. The molecule has 2 heterocycles. The Morgan fingerprint density at radius 3 is 1.80 bits per heavy atom. The number of hydrogen-bond acceptors (Lipinski definition) is 2. The second-order valence-electron chi connectivity index (χ2n) is 2.90. The molecule has 0 amide bonds. The number of ether oxygens (including phenoxy) is 2. The summed E-state index contributed by atoms with van der Waals surface area (Å²) in [5, 5.41) is 0. The third kappa shape index (κ3) is 0.604. The molecule has 0 spiro atoms. The number of allylic oxidation sites excluding steroid dienone is 2. The zero-order valence-electron chi connectivity index (χ0n) is 5.44. The predicted octanol–water partition coefficient (Wildman–Crippen LogP) is 0.647. The summed E-state index contributed by atoms with van der Waals surface area (Å²) in [6.07, 6.45) is 9.65. The second-order valence-corrected chi connectivity index (χ2v) is 2.90. The van der Waals surface area contributed by atoms with Crippen LogP contribution in [0.15, 0.2) is 24.3 Å². The van der Waals surface area contributed by atoms with Crippen LogP contribution in [0.5, 0.6) is 0 Å². The number of fused-ring (bicyclic) bond motifs is 3. The molecule has 0 unspecified atom stereocenters. The molecular weight excluding hydrogens is 128 g/mol. The van der Waals surface area contributed by atoms with E-state index in [0.29, 0.717) is 24.4 Å².